The number of nitrogens with zero attached hydrogens (tertiary/aromatic N) is 17. The van der Waals surface area contributed by atoms with Crippen LogP contribution in [0.5, 0.6) is 0 Å². The van der Waals surface area contributed by atoms with Crippen molar-refractivity contribution >= 4 is 85.2 Å². The van der Waals surface area contributed by atoms with Crippen LogP contribution in [-0.4, -0.2) is 159 Å². The fourth-order valence-electron chi connectivity index (χ4n) is 7.48. The Morgan fingerprint density at radius 1 is 0.513 bits per heavy atom. The summed E-state index contributed by atoms with van der Waals surface area (Å²) in [4.78, 5) is 31.4. The minimum atomic E-state index is -4.81. The van der Waals surface area contributed by atoms with Gasteiger partial charge in [-0.1, -0.05) is 34.8 Å². The molecular formula is C42H40Cl3F12N18Na. The van der Waals surface area contributed by atoms with Crippen molar-refractivity contribution in [2.45, 2.75) is 18.5 Å². The summed E-state index contributed by atoms with van der Waals surface area (Å²) in [6.07, 6.45) is -14.4. The average Bonchev–Trinajstić information content (AvgIpc) is 3.84. The van der Waals surface area contributed by atoms with Crippen molar-refractivity contribution in [3.05, 3.63) is 102 Å². The minimum absolute atomic E-state index is 0. The van der Waals surface area contributed by atoms with Gasteiger partial charge in [-0.2, -0.15) is 44.0 Å². The number of fused-ring (bicyclic) bond motifs is 5. The van der Waals surface area contributed by atoms with Crippen LogP contribution in [0.2, 0.25) is 15.5 Å². The number of aromatic nitrogens is 9. The van der Waals surface area contributed by atoms with Crippen LogP contribution >= 0.6 is 34.8 Å². The second kappa shape index (κ2) is 26.0. The quantitative estimate of drug-likeness (QED) is 0.0670. The molecule has 3 saturated heterocycles. The summed E-state index contributed by atoms with van der Waals surface area (Å²) in [5.41, 5.74) is 8.09. The molecule has 3 aliphatic heterocycles. The second-order valence-corrected chi connectivity index (χ2v) is 17.7. The van der Waals surface area contributed by atoms with E-state index in [1.54, 1.807) is 0 Å². The van der Waals surface area contributed by atoms with Crippen LogP contribution in [0.3, 0.4) is 0 Å². The maximum Gasteiger partial charge on any atom is 1.00 e. The van der Waals surface area contributed by atoms with E-state index in [0.717, 1.165) is 62.0 Å². The summed E-state index contributed by atoms with van der Waals surface area (Å²) >= 11 is 17.0. The van der Waals surface area contributed by atoms with Gasteiger partial charge in [-0.3, -0.25) is 4.91 Å². The smallest absolute Gasteiger partial charge is 0.373 e. The molecule has 10 rings (SSSR count). The number of rotatable bonds is 2. The number of alkyl halides is 9. The number of nitrogens with one attached hydrogen (secondary N) is 1. The number of likely N-dealkylation sites (N-methyl/N-ethyl adjacent to an activating group) is 3. The van der Waals surface area contributed by atoms with Crippen molar-refractivity contribution in [2.75, 3.05) is 109 Å². The van der Waals surface area contributed by atoms with E-state index in [1.165, 1.54) is 18.0 Å². The van der Waals surface area contributed by atoms with E-state index in [4.69, 9.17) is 45.9 Å². The van der Waals surface area contributed by atoms with Gasteiger partial charge < -0.3 is 40.9 Å². The first-order chi connectivity index (χ1) is 35.2. The van der Waals surface area contributed by atoms with E-state index < -0.39 is 63.7 Å². The van der Waals surface area contributed by atoms with Gasteiger partial charge in [-0.15, -0.1) is 5.10 Å². The topological polar surface area (TPSA) is 194 Å². The summed E-state index contributed by atoms with van der Waals surface area (Å²) < 4.78 is 158. The van der Waals surface area contributed by atoms with Crippen LogP contribution < -0.4 is 44.7 Å². The molecule has 0 unspecified atom stereocenters. The largest absolute Gasteiger partial charge is 1.00 e. The van der Waals surface area contributed by atoms with Gasteiger partial charge in [0.25, 0.3) is 0 Å². The van der Waals surface area contributed by atoms with Gasteiger partial charge in [0.05, 0.1) is 33.2 Å². The van der Waals surface area contributed by atoms with Gasteiger partial charge in [0.1, 0.15) is 16.6 Å². The first-order valence-corrected chi connectivity index (χ1v) is 23.0. The maximum absolute atomic E-state index is 14.5. The van der Waals surface area contributed by atoms with Crippen molar-refractivity contribution in [3.63, 3.8) is 0 Å². The third-order valence-electron chi connectivity index (χ3n) is 11.5. The number of tetrazole rings is 1. The van der Waals surface area contributed by atoms with Crippen LogP contribution in [-0.2, 0) is 18.5 Å². The zero-order chi connectivity index (χ0) is 55.2. The molecule has 404 valence electrons. The Hall–Kier alpha value is -5.14. The normalized spacial score (nSPS) is 15.9. The Kier molecular flexibility index (Phi) is 21.1. The third kappa shape index (κ3) is 14.9. The molecule has 0 saturated carbocycles. The molecule has 34 heteroatoms. The maximum atomic E-state index is 14.5. The van der Waals surface area contributed by atoms with E-state index in [-0.39, 0.29) is 72.7 Å². The molecule has 3 aliphatic rings. The summed E-state index contributed by atoms with van der Waals surface area (Å²) in [7, 11) is 6.13. The van der Waals surface area contributed by atoms with E-state index in [9.17, 15) is 52.7 Å². The van der Waals surface area contributed by atoms with E-state index in [1.807, 2.05) is 23.9 Å². The predicted octanol–water partition coefficient (Wildman–Crippen LogP) is 6.26. The Balaban J connectivity index is 0.000000194. The SMILES string of the molecule is CN1CCN(c2nc3ccc(C(F)(F)F)c(F)c3n3nnnc23)CC1.CN1CCN(c2nc3ccc(C(F)(F)F)c(F)c3nc2Cl)CC1.CN1CCNCC1.Fc1c(C(F)(F)F)ccc2nc(Cl)c(Cl)nc12.[N-]=[N+]=[N-].[Na+]. The molecule has 4 aromatic heterocycles. The number of piperazine rings is 3. The van der Waals surface area contributed by atoms with Gasteiger partial charge in [0.15, 0.2) is 44.5 Å². The molecule has 3 fully saturated rings. The fraction of sp³-hybridized carbons (Fsp3) is 0.429. The zero-order valence-corrected chi connectivity index (χ0v) is 44.5. The molecule has 7 aromatic rings. The molecular weight excluding hydrogens is 1110 g/mol. The third-order valence-corrected chi connectivity index (χ3v) is 12.4. The number of halogens is 15. The molecule has 0 atom stereocenters. The first kappa shape index (κ1) is 61.7. The van der Waals surface area contributed by atoms with E-state index >= 15 is 0 Å². The first-order valence-electron chi connectivity index (χ1n) is 21.9. The van der Waals surface area contributed by atoms with Crippen molar-refractivity contribution in [3.8, 4) is 0 Å². The van der Waals surface area contributed by atoms with Crippen molar-refractivity contribution in [1.29, 1.82) is 0 Å². The number of hydrogen-bond donors (Lipinski definition) is 1. The standard InChI is InChI=1S/C14H13ClF4N4.C14H13F4N7.C9H2Cl2F4N2.C5H12N2.N3.Na/c1-22-4-6-23(7-5-22)13-12(15)21-11-9(20-13)3-2-8(10(11)16)14(17,18)19;1-23-4-6-24(7-5-23)12-13-20-21-22-25(13)11-9(19-12)3-2-8(10(11)15)14(16,17)18;10-7-8(11)17-6-4(16-7)2-1-3(5(6)12)9(13,14)15;1-7-4-2-6-3-5-7;1-3-2;/h2-3H,4-7H2,1H3;2-3H,4-7H2,1H3;1-2H;6H,2-5H2,1H3;;/q;;;;-1;+1. The number of hydrogen-bond acceptors (Lipinski definition) is 14. The monoisotopic (exact) mass is 1150 g/mol. The molecule has 7 heterocycles. The van der Waals surface area contributed by atoms with Crippen molar-refractivity contribution < 1.29 is 82.2 Å². The molecule has 0 radical (unpaired) electrons. The summed E-state index contributed by atoms with van der Waals surface area (Å²) in [6, 6.07) is 5.18. The predicted molar refractivity (Wildman–Crippen MR) is 255 cm³/mol. The summed E-state index contributed by atoms with van der Waals surface area (Å²) in [5, 5.41) is 13.6. The van der Waals surface area contributed by atoms with Crippen molar-refractivity contribution in [2.24, 2.45) is 0 Å². The molecule has 76 heavy (non-hydrogen) atoms. The van der Waals surface area contributed by atoms with Crippen molar-refractivity contribution in [1.82, 2.24) is 65.0 Å². The Morgan fingerprint density at radius 2 is 0.895 bits per heavy atom. The van der Waals surface area contributed by atoms with E-state index in [0.29, 0.717) is 56.0 Å². The molecule has 0 aliphatic carbocycles. The molecule has 3 aromatic carbocycles. The van der Waals surface area contributed by atoms with Crippen LogP contribution in [0.4, 0.5) is 64.3 Å². The van der Waals surface area contributed by atoms with Crippen LogP contribution in [0.1, 0.15) is 16.7 Å². The average molecular weight is 1150 g/mol. The minimum Gasteiger partial charge on any atom is -0.373 e. The summed E-state index contributed by atoms with van der Waals surface area (Å²) in [6.45, 7) is 10.6. The van der Waals surface area contributed by atoms with Gasteiger partial charge in [0.2, 0.25) is 5.65 Å². The van der Waals surface area contributed by atoms with E-state index in [2.05, 4.69) is 67.5 Å². The zero-order valence-electron chi connectivity index (χ0n) is 40.2. The van der Waals surface area contributed by atoms with Crippen LogP contribution in [0, 0.1) is 17.5 Å². The van der Waals surface area contributed by atoms with Gasteiger partial charge in [-0.25, -0.2) is 38.1 Å². The molecule has 1 N–H and O–H groups in total. The Morgan fingerprint density at radius 3 is 1.34 bits per heavy atom. The van der Waals surface area contributed by atoms with Crippen LogP contribution in [0.25, 0.3) is 54.7 Å². The fourth-order valence-corrected chi connectivity index (χ4v) is 7.98. The summed E-state index contributed by atoms with van der Waals surface area (Å²) in [5.74, 6) is -3.59. The molecule has 18 nitrogen and oxygen atoms in total. The van der Waals surface area contributed by atoms with Gasteiger partial charge in [-0.05, 0) is 68.0 Å². The van der Waals surface area contributed by atoms with Gasteiger partial charge in [0, 0.05) is 78.5 Å². The Labute approximate surface area is 460 Å². The molecule has 0 spiro atoms. The van der Waals surface area contributed by atoms with Crippen LogP contribution in [0.15, 0.2) is 36.4 Å². The number of anilines is 2. The van der Waals surface area contributed by atoms with Gasteiger partial charge >= 0.3 is 48.1 Å². The second-order valence-electron chi connectivity index (χ2n) is 16.6. The molecule has 0 bridgehead atoms. The number of benzene rings is 3. The molecule has 0 amide bonds. The Bertz CT molecular complexity index is 3160.